The molecule has 0 amide bonds. The lowest BCUT2D eigenvalue weighted by molar-refractivity contribution is -0.383. The van der Waals surface area contributed by atoms with Crippen LogP contribution in [0.15, 0.2) is 36.7 Å². The van der Waals surface area contributed by atoms with Gasteiger partial charge >= 0.3 is 5.69 Å². The number of benzene rings is 1. The van der Waals surface area contributed by atoms with Gasteiger partial charge in [-0.1, -0.05) is 30.3 Å². The van der Waals surface area contributed by atoms with Crippen molar-refractivity contribution in [2.75, 3.05) is 10.6 Å². The third kappa shape index (κ3) is 4.38. The lowest BCUT2D eigenvalue weighted by Crippen LogP contribution is -2.27. The second-order valence-corrected chi connectivity index (χ2v) is 6.33. The van der Waals surface area contributed by atoms with Crippen molar-refractivity contribution in [3.05, 3.63) is 52.3 Å². The van der Waals surface area contributed by atoms with Crippen LogP contribution in [-0.4, -0.2) is 20.4 Å². The lowest BCUT2D eigenvalue weighted by Gasteiger charge is -2.22. The van der Waals surface area contributed by atoms with Crippen LogP contribution in [-0.2, 0) is 0 Å². The Bertz CT molecular complexity index is 683. The van der Waals surface area contributed by atoms with E-state index in [0.717, 1.165) is 5.56 Å². The summed E-state index contributed by atoms with van der Waals surface area (Å²) in [6.45, 7) is 7.67. The molecule has 7 heteroatoms. The molecule has 0 fully saturated rings. The number of nitrogens with zero attached hydrogens (tertiary/aromatic N) is 3. The first-order valence-electron chi connectivity index (χ1n) is 7.37. The second-order valence-electron chi connectivity index (χ2n) is 6.33. The average Bonchev–Trinajstić information content (AvgIpc) is 2.46. The summed E-state index contributed by atoms with van der Waals surface area (Å²) in [6.07, 6.45) is 1.32. The summed E-state index contributed by atoms with van der Waals surface area (Å²) in [5.74, 6) is 0.411. The molecule has 23 heavy (non-hydrogen) atoms. The molecule has 0 spiro atoms. The minimum Gasteiger partial charge on any atom is -0.360 e. The maximum absolute atomic E-state index is 11.5. The molecule has 2 N–H and O–H groups in total. The van der Waals surface area contributed by atoms with Gasteiger partial charge in [0.05, 0.1) is 11.0 Å². The Kier molecular flexibility index (Phi) is 4.78. The smallest absolute Gasteiger partial charge is 0.353 e. The van der Waals surface area contributed by atoms with Crippen LogP contribution in [0.1, 0.15) is 39.3 Å². The van der Waals surface area contributed by atoms with Gasteiger partial charge in [-0.25, -0.2) is 9.97 Å². The van der Waals surface area contributed by atoms with E-state index < -0.39 is 4.92 Å². The third-order valence-corrected chi connectivity index (χ3v) is 3.15. The van der Waals surface area contributed by atoms with Gasteiger partial charge in [0, 0.05) is 5.54 Å². The summed E-state index contributed by atoms with van der Waals surface area (Å²) in [7, 11) is 0. The Morgan fingerprint density at radius 1 is 1.13 bits per heavy atom. The van der Waals surface area contributed by atoms with E-state index in [1.165, 1.54) is 6.33 Å². The van der Waals surface area contributed by atoms with Crippen LogP contribution in [0.4, 0.5) is 17.3 Å². The molecule has 7 nitrogen and oxygen atoms in total. The first-order chi connectivity index (χ1) is 10.8. The number of anilines is 2. The normalized spacial score (nSPS) is 12.5. The van der Waals surface area contributed by atoms with Gasteiger partial charge in [-0.05, 0) is 33.3 Å². The van der Waals surface area contributed by atoms with Crippen LogP contribution in [0.25, 0.3) is 0 Å². The molecule has 0 aliphatic heterocycles. The highest BCUT2D eigenvalue weighted by Crippen LogP contribution is 2.32. The van der Waals surface area contributed by atoms with Gasteiger partial charge in [0.1, 0.15) is 6.33 Å². The van der Waals surface area contributed by atoms with E-state index in [2.05, 4.69) is 20.6 Å². The highest BCUT2D eigenvalue weighted by Gasteiger charge is 2.26. The van der Waals surface area contributed by atoms with Crippen molar-refractivity contribution in [3.8, 4) is 0 Å². The van der Waals surface area contributed by atoms with E-state index in [1.54, 1.807) is 0 Å². The zero-order valence-corrected chi connectivity index (χ0v) is 13.7. The fourth-order valence-electron chi connectivity index (χ4n) is 2.13. The minimum absolute atomic E-state index is 0.118. The minimum atomic E-state index is -0.464. The van der Waals surface area contributed by atoms with Crippen molar-refractivity contribution < 1.29 is 4.92 Å². The number of hydrogen-bond donors (Lipinski definition) is 2. The first kappa shape index (κ1) is 16.7. The van der Waals surface area contributed by atoms with Gasteiger partial charge in [0.15, 0.2) is 0 Å². The third-order valence-electron chi connectivity index (χ3n) is 3.15. The monoisotopic (exact) mass is 315 g/mol. The molecule has 0 saturated heterocycles. The second kappa shape index (κ2) is 6.60. The van der Waals surface area contributed by atoms with Crippen molar-refractivity contribution in [1.29, 1.82) is 0 Å². The Morgan fingerprint density at radius 2 is 1.74 bits per heavy atom. The fraction of sp³-hybridized carbons (Fsp3) is 0.375. The largest absolute Gasteiger partial charge is 0.360 e. The summed E-state index contributed by atoms with van der Waals surface area (Å²) in [4.78, 5) is 19.1. The van der Waals surface area contributed by atoms with Gasteiger partial charge in [-0.3, -0.25) is 10.1 Å². The average molecular weight is 315 g/mol. The number of hydrogen-bond acceptors (Lipinski definition) is 6. The van der Waals surface area contributed by atoms with E-state index >= 15 is 0 Å². The summed E-state index contributed by atoms with van der Waals surface area (Å²) < 4.78 is 0. The Morgan fingerprint density at radius 3 is 2.30 bits per heavy atom. The van der Waals surface area contributed by atoms with Crippen molar-refractivity contribution in [1.82, 2.24) is 9.97 Å². The molecule has 0 bridgehead atoms. The van der Waals surface area contributed by atoms with Crippen molar-refractivity contribution in [2.24, 2.45) is 0 Å². The first-order valence-corrected chi connectivity index (χ1v) is 7.37. The maximum atomic E-state index is 11.5. The lowest BCUT2D eigenvalue weighted by atomic mass is 10.1. The van der Waals surface area contributed by atoms with Gasteiger partial charge < -0.3 is 10.6 Å². The van der Waals surface area contributed by atoms with Crippen LogP contribution in [0.2, 0.25) is 0 Å². The summed E-state index contributed by atoms with van der Waals surface area (Å²) in [5.41, 5.74) is 0.525. The zero-order valence-electron chi connectivity index (χ0n) is 13.7. The zero-order chi connectivity index (χ0) is 17.0. The molecule has 1 unspecified atom stereocenters. The van der Waals surface area contributed by atoms with Crippen LogP contribution < -0.4 is 10.6 Å². The van der Waals surface area contributed by atoms with Crippen LogP contribution >= 0.6 is 0 Å². The highest BCUT2D eigenvalue weighted by atomic mass is 16.6. The number of nitrogens with one attached hydrogen (secondary N) is 2. The molecule has 122 valence electrons. The van der Waals surface area contributed by atoms with E-state index in [1.807, 2.05) is 58.0 Å². The van der Waals surface area contributed by atoms with Gasteiger partial charge in [-0.2, -0.15) is 0 Å². The molecule has 1 aromatic carbocycles. The van der Waals surface area contributed by atoms with Crippen molar-refractivity contribution in [2.45, 2.75) is 39.3 Å². The van der Waals surface area contributed by atoms with Gasteiger partial charge in [0.2, 0.25) is 11.6 Å². The molecular formula is C16H21N5O2. The molecule has 2 aromatic rings. The Hall–Kier alpha value is -2.70. The van der Waals surface area contributed by atoms with E-state index in [-0.39, 0.29) is 28.9 Å². The Balaban J connectivity index is 2.35. The van der Waals surface area contributed by atoms with Crippen LogP contribution in [0.3, 0.4) is 0 Å². The van der Waals surface area contributed by atoms with E-state index in [0.29, 0.717) is 0 Å². The molecule has 1 atom stereocenters. The summed E-state index contributed by atoms with van der Waals surface area (Å²) in [6, 6.07) is 9.57. The summed E-state index contributed by atoms with van der Waals surface area (Å²) >= 11 is 0. The SMILES string of the molecule is CC(Nc1ncnc(NC(C)(C)C)c1[N+](=O)[O-])c1ccccc1. The predicted octanol–water partition coefficient (Wildman–Crippen LogP) is 3.77. The van der Waals surface area contributed by atoms with Crippen molar-refractivity contribution in [3.63, 3.8) is 0 Å². The molecule has 0 aliphatic carbocycles. The Labute approximate surface area is 135 Å². The highest BCUT2D eigenvalue weighted by molar-refractivity contribution is 5.70. The fourth-order valence-corrected chi connectivity index (χ4v) is 2.13. The van der Waals surface area contributed by atoms with Crippen LogP contribution in [0, 0.1) is 10.1 Å². The number of aromatic nitrogens is 2. The van der Waals surface area contributed by atoms with E-state index in [4.69, 9.17) is 0 Å². The summed E-state index contributed by atoms with van der Waals surface area (Å²) in [5, 5.41) is 17.6. The van der Waals surface area contributed by atoms with Crippen LogP contribution in [0.5, 0.6) is 0 Å². The molecule has 0 radical (unpaired) electrons. The number of nitro groups is 1. The molecule has 1 heterocycles. The quantitative estimate of drug-likeness (QED) is 0.644. The molecule has 0 saturated carbocycles. The van der Waals surface area contributed by atoms with Gasteiger partial charge in [0.25, 0.3) is 0 Å². The van der Waals surface area contributed by atoms with E-state index in [9.17, 15) is 10.1 Å². The predicted molar refractivity (Wildman–Crippen MR) is 90.5 cm³/mol. The molecule has 0 aliphatic rings. The molecular weight excluding hydrogens is 294 g/mol. The van der Waals surface area contributed by atoms with Crippen molar-refractivity contribution >= 4 is 17.3 Å². The molecule has 1 aromatic heterocycles. The van der Waals surface area contributed by atoms with Gasteiger partial charge in [-0.15, -0.1) is 0 Å². The molecule has 2 rings (SSSR count). The number of rotatable bonds is 5. The maximum Gasteiger partial charge on any atom is 0.353 e. The standard InChI is InChI=1S/C16H21N5O2/c1-11(12-8-6-5-7-9-12)19-14-13(21(22)23)15(18-10-17-14)20-16(2,3)4/h5-11H,1-4H3,(H2,17,18,19,20). The topological polar surface area (TPSA) is 93.0 Å².